The second-order valence-corrected chi connectivity index (χ2v) is 5.49. The van der Waals surface area contributed by atoms with Crippen LogP contribution in [0.15, 0.2) is 24.3 Å². The number of nitrogens with two attached hydrogens (primary N) is 1. The molecule has 2 rings (SSSR count). The van der Waals surface area contributed by atoms with E-state index in [1.165, 1.54) is 38.8 Å². The Hall–Kier alpha value is -1.55. The molecule has 1 heterocycles. The molecule has 0 bridgehead atoms. The standard InChI is InChI=1S/C16H25N3O/c17-15-8-5-7-14(13-15)16(20)18-9-6-12-19-10-3-1-2-4-11-19/h5,7-8,13H,1-4,6,9-12,17H2,(H,18,20). The number of rotatable bonds is 5. The third-order valence-corrected chi connectivity index (χ3v) is 3.78. The summed E-state index contributed by atoms with van der Waals surface area (Å²) in [7, 11) is 0. The molecule has 1 aromatic carbocycles. The van der Waals surface area contributed by atoms with Gasteiger partial charge >= 0.3 is 0 Å². The maximum atomic E-state index is 11.9. The van der Waals surface area contributed by atoms with Crippen LogP contribution in [-0.2, 0) is 0 Å². The van der Waals surface area contributed by atoms with Crippen molar-refractivity contribution in [3.8, 4) is 0 Å². The average molecular weight is 275 g/mol. The van der Waals surface area contributed by atoms with Crippen LogP contribution in [0, 0.1) is 0 Å². The number of amides is 1. The summed E-state index contributed by atoms with van der Waals surface area (Å²) in [5, 5.41) is 2.96. The monoisotopic (exact) mass is 275 g/mol. The van der Waals surface area contributed by atoms with Gasteiger partial charge in [-0.1, -0.05) is 18.9 Å². The number of anilines is 1. The van der Waals surface area contributed by atoms with Gasteiger partial charge in [0, 0.05) is 17.8 Å². The lowest BCUT2D eigenvalue weighted by molar-refractivity contribution is 0.0951. The summed E-state index contributed by atoms with van der Waals surface area (Å²) in [4.78, 5) is 14.4. The van der Waals surface area contributed by atoms with Gasteiger partial charge in [-0.2, -0.15) is 0 Å². The van der Waals surface area contributed by atoms with Crippen molar-refractivity contribution in [2.75, 3.05) is 31.9 Å². The van der Waals surface area contributed by atoms with Gasteiger partial charge in [-0.3, -0.25) is 4.79 Å². The minimum atomic E-state index is -0.0341. The van der Waals surface area contributed by atoms with Crippen LogP contribution in [0.4, 0.5) is 5.69 Å². The highest BCUT2D eigenvalue weighted by atomic mass is 16.1. The van der Waals surface area contributed by atoms with E-state index in [9.17, 15) is 4.79 Å². The van der Waals surface area contributed by atoms with E-state index in [4.69, 9.17) is 5.73 Å². The molecule has 0 spiro atoms. The first-order valence-electron chi connectivity index (χ1n) is 7.62. The van der Waals surface area contributed by atoms with Gasteiger partial charge in [0.1, 0.15) is 0 Å². The maximum absolute atomic E-state index is 11.9. The van der Waals surface area contributed by atoms with Gasteiger partial charge in [-0.25, -0.2) is 0 Å². The lowest BCUT2D eigenvalue weighted by Crippen LogP contribution is -2.30. The maximum Gasteiger partial charge on any atom is 0.251 e. The van der Waals surface area contributed by atoms with E-state index in [0.29, 0.717) is 11.3 Å². The summed E-state index contributed by atoms with van der Waals surface area (Å²) in [6.07, 6.45) is 6.37. The van der Waals surface area contributed by atoms with Crippen LogP contribution in [-0.4, -0.2) is 37.0 Å². The minimum absolute atomic E-state index is 0.0341. The Kier molecular flexibility index (Phi) is 5.87. The van der Waals surface area contributed by atoms with Crippen molar-refractivity contribution >= 4 is 11.6 Å². The van der Waals surface area contributed by atoms with E-state index in [1.807, 2.05) is 6.07 Å². The third kappa shape index (κ3) is 4.85. The van der Waals surface area contributed by atoms with E-state index < -0.39 is 0 Å². The summed E-state index contributed by atoms with van der Waals surface area (Å²) in [5.41, 5.74) is 6.94. The predicted molar refractivity (Wildman–Crippen MR) is 82.7 cm³/mol. The van der Waals surface area contributed by atoms with Crippen LogP contribution in [0.3, 0.4) is 0 Å². The number of benzene rings is 1. The van der Waals surface area contributed by atoms with Crippen molar-refractivity contribution in [2.24, 2.45) is 0 Å². The Morgan fingerprint density at radius 3 is 2.65 bits per heavy atom. The van der Waals surface area contributed by atoms with Gasteiger partial charge in [0.05, 0.1) is 0 Å². The molecule has 1 aliphatic rings. The zero-order valence-electron chi connectivity index (χ0n) is 12.1. The molecule has 1 saturated heterocycles. The second-order valence-electron chi connectivity index (χ2n) is 5.49. The highest BCUT2D eigenvalue weighted by Crippen LogP contribution is 2.09. The molecule has 1 fully saturated rings. The number of carbonyl (C=O) groups is 1. The molecule has 0 aromatic heterocycles. The molecule has 0 atom stereocenters. The van der Waals surface area contributed by atoms with Gasteiger partial charge in [0.15, 0.2) is 0 Å². The molecule has 1 aromatic rings. The Balaban J connectivity index is 1.66. The number of nitrogen functional groups attached to an aromatic ring is 1. The van der Waals surface area contributed by atoms with Crippen molar-refractivity contribution in [3.63, 3.8) is 0 Å². The molecule has 1 amide bonds. The summed E-state index contributed by atoms with van der Waals surface area (Å²) in [5.74, 6) is -0.0341. The van der Waals surface area contributed by atoms with E-state index in [0.717, 1.165) is 19.5 Å². The molecular weight excluding hydrogens is 250 g/mol. The quantitative estimate of drug-likeness (QED) is 0.640. The van der Waals surface area contributed by atoms with Gasteiger partial charge in [0.25, 0.3) is 5.91 Å². The largest absolute Gasteiger partial charge is 0.399 e. The number of likely N-dealkylation sites (tertiary alicyclic amines) is 1. The SMILES string of the molecule is Nc1cccc(C(=O)NCCCN2CCCCCC2)c1. The molecule has 0 radical (unpaired) electrons. The van der Waals surface area contributed by atoms with Crippen LogP contribution in [0.25, 0.3) is 0 Å². The summed E-state index contributed by atoms with van der Waals surface area (Å²) >= 11 is 0. The average Bonchev–Trinajstić information content (AvgIpc) is 2.72. The fourth-order valence-corrected chi connectivity index (χ4v) is 2.65. The Bertz CT molecular complexity index is 425. The lowest BCUT2D eigenvalue weighted by atomic mass is 10.2. The van der Waals surface area contributed by atoms with Crippen molar-refractivity contribution < 1.29 is 4.79 Å². The second kappa shape index (κ2) is 7.90. The number of carbonyl (C=O) groups excluding carboxylic acids is 1. The highest BCUT2D eigenvalue weighted by Gasteiger charge is 2.09. The van der Waals surface area contributed by atoms with E-state index >= 15 is 0 Å². The number of hydrogen-bond donors (Lipinski definition) is 2. The van der Waals surface area contributed by atoms with Crippen molar-refractivity contribution in [1.29, 1.82) is 0 Å². The molecule has 0 saturated carbocycles. The number of nitrogens with one attached hydrogen (secondary N) is 1. The molecule has 0 unspecified atom stereocenters. The van der Waals surface area contributed by atoms with Crippen LogP contribution in [0.2, 0.25) is 0 Å². The molecule has 20 heavy (non-hydrogen) atoms. The summed E-state index contributed by atoms with van der Waals surface area (Å²) < 4.78 is 0. The zero-order valence-corrected chi connectivity index (χ0v) is 12.1. The third-order valence-electron chi connectivity index (χ3n) is 3.78. The van der Waals surface area contributed by atoms with Crippen LogP contribution < -0.4 is 11.1 Å². The van der Waals surface area contributed by atoms with Gasteiger partial charge in [-0.15, -0.1) is 0 Å². The van der Waals surface area contributed by atoms with Crippen molar-refractivity contribution in [3.05, 3.63) is 29.8 Å². The van der Waals surface area contributed by atoms with Gasteiger partial charge in [-0.05, 0) is 57.1 Å². The normalized spacial score (nSPS) is 16.6. The Labute approximate surface area is 121 Å². The molecule has 110 valence electrons. The van der Waals surface area contributed by atoms with E-state index in [1.54, 1.807) is 18.2 Å². The fourth-order valence-electron chi connectivity index (χ4n) is 2.65. The first-order valence-corrected chi connectivity index (χ1v) is 7.62. The van der Waals surface area contributed by atoms with Crippen LogP contribution in [0.1, 0.15) is 42.5 Å². The number of hydrogen-bond acceptors (Lipinski definition) is 3. The topological polar surface area (TPSA) is 58.4 Å². The molecular formula is C16H25N3O. The molecule has 4 nitrogen and oxygen atoms in total. The minimum Gasteiger partial charge on any atom is -0.399 e. The number of nitrogens with zero attached hydrogens (tertiary/aromatic N) is 1. The molecule has 4 heteroatoms. The first-order chi connectivity index (χ1) is 9.75. The summed E-state index contributed by atoms with van der Waals surface area (Å²) in [6, 6.07) is 7.10. The summed E-state index contributed by atoms with van der Waals surface area (Å²) in [6.45, 7) is 4.23. The van der Waals surface area contributed by atoms with Crippen LogP contribution >= 0.6 is 0 Å². The fraction of sp³-hybridized carbons (Fsp3) is 0.562. The highest BCUT2D eigenvalue weighted by molar-refractivity contribution is 5.94. The zero-order chi connectivity index (χ0) is 14.2. The lowest BCUT2D eigenvalue weighted by Gasteiger charge is -2.19. The van der Waals surface area contributed by atoms with Crippen LogP contribution in [0.5, 0.6) is 0 Å². The Morgan fingerprint density at radius 2 is 1.95 bits per heavy atom. The first kappa shape index (κ1) is 14.9. The van der Waals surface area contributed by atoms with E-state index in [2.05, 4.69) is 10.2 Å². The van der Waals surface area contributed by atoms with Crippen molar-refractivity contribution in [1.82, 2.24) is 10.2 Å². The van der Waals surface area contributed by atoms with Crippen molar-refractivity contribution in [2.45, 2.75) is 32.1 Å². The molecule has 0 aliphatic carbocycles. The van der Waals surface area contributed by atoms with E-state index in [-0.39, 0.29) is 5.91 Å². The van der Waals surface area contributed by atoms with Gasteiger partial charge < -0.3 is 16.0 Å². The predicted octanol–water partition coefficient (Wildman–Crippen LogP) is 2.26. The molecule has 1 aliphatic heterocycles. The Morgan fingerprint density at radius 1 is 1.20 bits per heavy atom. The molecule has 3 N–H and O–H groups in total. The smallest absolute Gasteiger partial charge is 0.251 e. The van der Waals surface area contributed by atoms with Gasteiger partial charge in [0.2, 0.25) is 0 Å².